The molecule has 0 atom stereocenters. The fraction of sp³-hybridized carbons (Fsp3) is 0.727. The average molecular weight is 318 g/mol. The average Bonchev–Trinajstić information content (AvgIpc) is 2.59. The second-order valence-electron chi connectivity index (χ2n) is 7.00. The van der Waals surface area contributed by atoms with Crippen molar-refractivity contribution < 1.29 is 0 Å². The quantitative estimate of drug-likeness (QED) is 0.309. The smallest absolute Gasteiger partial charge is 0.0363 e. The van der Waals surface area contributed by atoms with Crippen molar-refractivity contribution in [3.8, 4) is 0 Å². The van der Waals surface area contributed by atoms with E-state index in [1.807, 2.05) is 0 Å². The predicted octanol–water partition coefficient (Wildman–Crippen LogP) is 7.21. The van der Waals surface area contributed by atoms with Gasteiger partial charge in [-0.25, -0.2) is 0 Å². The Morgan fingerprint density at radius 2 is 1.04 bits per heavy atom. The van der Waals surface area contributed by atoms with Crippen LogP contribution in [0.15, 0.2) is 30.3 Å². The molecule has 0 fully saturated rings. The lowest BCUT2D eigenvalue weighted by atomic mass is 10.0. The van der Waals surface area contributed by atoms with Crippen LogP contribution in [0.4, 0.5) is 5.69 Å². The molecule has 0 N–H and O–H groups in total. The number of hydrogen-bond acceptors (Lipinski definition) is 1. The molecule has 0 aliphatic rings. The first kappa shape index (κ1) is 20.1. The van der Waals surface area contributed by atoms with Gasteiger partial charge >= 0.3 is 0 Å². The number of unbranched alkanes of at least 4 members (excludes halogenated alkanes) is 12. The Balaban J connectivity index is 1.81. The minimum absolute atomic E-state index is 1.18. The minimum atomic E-state index is 1.18. The van der Waals surface area contributed by atoms with Crippen molar-refractivity contribution in [3.63, 3.8) is 0 Å². The first-order chi connectivity index (χ1) is 11.3. The van der Waals surface area contributed by atoms with Gasteiger partial charge in [-0.05, 0) is 18.6 Å². The van der Waals surface area contributed by atoms with E-state index in [4.69, 9.17) is 0 Å². The van der Waals surface area contributed by atoms with Gasteiger partial charge in [-0.3, -0.25) is 0 Å². The van der Waals surface area contributed by atoms with E-state index in [2.05, 4.69) is 49.2 Å². The van der Waals surface area contributed by atoms with E-state index in [1.54, 1.807) is 0 Å². The monoisotopic (exact) mass is 317 g/mol. The second-order valence-corrected chi connectivity index (χ2v) is 7.00. The molecule has 1 nitrogen and oxygen atoms in total. The van der Waals surface area contributed by atoms with Crippen LogP contribution >= 0.6 is 0 Å². The number of para-hydroxylation sites is 1. The molecule has 0 bridgehead atoms. The zero-order valence-electron chi connectivity index (χ0n) is 15.7. The molecular formula is C22H39N. The Labute approximate surface area is 145 Å². The Morgan fingerprint density at radius 3 is 1.52 bits per heavy atom. The molecule has 132 valence electrons. The number of nitrogens with zero attached hydrogens (tertiary/aromatic N) is 1. The molecule has 23 heavy (non-hydrogen) atoms. The fourth-order valence-corrected chi connectivity index (χ4v) is 3.18. The van der Waals surface area contributed by atoms with Crippen LogP contribution < -0.4 is 4.90 Å². The van der Waals surface area contributed by atoms with E-state index in [0.717, 1.165) is 0 Å². The van der Waals surface area contributed by atoms with Crippen LogP contribution in [0.5, 0.6) is 0 Å². The van der Waals surface area contributed by atoms with Crippen molar-refractivity contribution in [1.82, 2.24) is 0 Å². The van der Waals surface area contributed by atoms with Crippen LogP contribution in [0.1, 0.15) is 90.4 Å². The summed E-state index contributed by atoms with van der Waals surface area (Å²) in [5, 5.41) is 0. The predicted molar refractivity (Wildman–Crippen MR) is 105 cm³/mol. The van der Waals surface area contributed by atoms with Gasteiger partial charge in [0.1, 0.15) is 0 Å². The highest BCUT2D eigenvalue weighted by Crippen LogP contribution is 2.14. The summed E-state index contributed by atoms with van der Waals surface area (Å²) in [6, 6.07) is 10.7. The topological polar surface area (TPSA) is 3.24 Å². The van der Waals surface area contributed by atoms with Crippen LogP contribution in [0.25, 0.3) is 0 Å². The molecule has 0 aromatic heterocycles. The van der Waals surface area contributed by atoms with Gasteiger partial charge in [0.2, 0.25) is 0 Å². The molecule has 1 rings (SSSR count). The van der Waals surface area contributed by atoms with Crippen molar-refractivity contribution in [2.45, 2.75) is 90.4 Å². The van der Waals surface area contributed by atoms with Crippen molar-refractivity contribution in [2.24, 2.45) is 0 Å². The van der Waals surface area contributed by atoms with Crippen LogP contribution in [-0.2, 0) is 0 Å². The molecular weight excluding hydrogens is 278 g/mol. The van der Waals surface area contributed by atoms with E-state index in [1.165, 1.54) is 95.7 Å². The summed E-state index contributed by atoms with van der Waals surface area (Å²) < 4.78 is 0. The molecule has 1 aromatic rings. The molecule has 0 radical (unpaired) electrons. The molecule has 1 aromatic carbocycles. The normalized spacial score (nSPS) is 10.9. The highest BCUT2D eigenvalue weighted by atomic mass is 15.1. The molecule has 0 aliphatic heterocycles. The van der Waals surface area contributed by atoms with Gasteiger partial charge in [0.05, 0.1) is 0 Å². The van der Waals surface area contributed by atoms with E-state index in [-0.39, 0.29) is 0 Å². The zero-order valence-corrected chi connectivity index (χ0v) is 15.7. The third kappa shape index (κ3) is 11.2. The summed E-state index contributed by atoms with van der Waals surface area (Å²) in [4.78, 5) is 2.37. The number of anilines is 1. The Hall–Kier alpha value is -0.980. The summed E-state index contributed by atoms with van der Waals surface area (Å²) in [6.45, 7) is 3.47. The third-order valence-electron chi connectivity index (χ3n) is 4.79. The largest absolute Gasteiger partial charge is 0.375 e. The highest BCUT2D eigenvalue weighted by Gasteiger charge is 1.99. The number of hydrogen-bond donors (Lipinski definition) is 0. The molecule has 0 saturated heterocycles. The van der Waals surface area contributed by atoms with E-state index in [0.29, 0.717) is 0 Å². The zero-order chi connectivity index (χ0) is 16.6. The van der Waals surface area contributed by atoms with Gasteiger partial charge in [0, 0.05) is 19.3 Å². The van der Waals surface area contributed by atoms with E-state index >= 15 is 0 Å². The summed E-state index contributed by atoms with van der Waals surface area (Å²) in [5.41, 5.74) is 1.34. The Kier molecular flexibility index (Phi) is 12.7. The maximum absolute atomic E-state index is 2.37. The van der Waals surface area contributed by atoms with Gasteiger partial charge in [0.25, 0.3) is 0 Å². The van der Waals surface area contributed by atoms with Gasteiger partial charge in [-0.15, -0.1) is 0 Å². The molecule has 0 amide bonds. The maximum atomic E-state index is 2.37. The molecule has 0 unspecified atom stereocenters. The lowest BCUT2D eigenvalue weighted by Gasteiger charge is -2.18. The standard InChI is InChI=1S/C22H39N/c1-3-4-5-6-7-8-9-10-11-12-13-14-18-21-23(2)22-19-16-15-17-20-22/h15-17,19-20H,3-14,18,21H2,1-2H3. The summed E-state index contributed by atoms with van der Waals surface area (Å²) >= 11 is 0. The van der Waals surface area contributed by atoms with Crippen molar-refractivity contribution in [3.05, 3.63) is 30.3 Å². The van der Waals surface area contributed by atoms with E-state index in [9.17, 15) is 0 Å². The van der Waals surface area contributed by atoms with Gasteiger partial charge < -0.3 is 4.90 Å². The van der Waals surface area contributed by atoms with Gasteiger partial charge in [-0.2, -0.15) is 0 Å². The summed E-state index contributed by atoms with van der Waals surface area (Å²) in [7, 11) is 2.20. The highest BCUT2D eigenvalue weighted by molar-refractivity contribution is 5.44. The summed E-state index contributed by atoms with van der Waals surface area (Å²) in [6.07, 6.45) is 18.6. The van der Waals surface area contributed by atoms with Crippen LogP contribution in [0.2, 0.25) is 0 Å². The first-order valence-corrected chi connectivity index (χ1v) is 10.1. The number of rotatable bonds is 15. The van der Waals surface area contributed by atoms with Gasteiger partial charge in [-0.1, -0.05) is 102 Å². The first-order valence-electron chi connectivity index (χ1n) is 10.1. The Bertz CT molecular complexity index is 346. The van der Waals surface area contributed by atoms with Crippen molar-refractivity contribution in [1.29, 1.82) is 0 Å². The van der Waals surface area contributed by atoms with Crippen LogP contribution in [-0.4, -0.2) is 13.6 Å². The van der Waals surface area contributed by atoms with Gasteiger partial charge in [0.15, 0.2) is 0 Å². The minimum Gasteiger partial charge on any atom is -0.375 e. The molecule has 1 heteroatoms. The fourth-order valence-electron chi connectivity index (χ4n) is 3.18. The SMILES string of the molecule is CCCCCCCCCCCCCCCN(C)c1ccccc1. The molecule has 0 spiro atoms. The summed E-state index contributed by atoms with van der Waals surface area (Å²) in [5.74, 6) is 0. The molecule has 0 saturated carbocycles. The van der Waals surface area contributed by atoms with Crippen LogP contribution in [0, 0.1) is 0 Å². The van der Waals surface area contributed by atoms with Crippen LogP contribution in [0.3, 0.4) is 0 Å². The molecule has 0 aliphatic carbocycles. The van der Waals surface area contributed by atoms with Crippen molar-refractivity contribution >= 4 is 5.69 Å². The van der Waals surface area contributed by atoms with E-state index < -0.39 is 0 Å². The maximum Gasteiger partial charge on any atom is 0.0363 e. The third-order valence-corrected chi connectivity index (χ3v) is 4.79. The van der Waals surface area contributed by atoms with Crippen molar-refractivity contribution in [2.75, 3.05) is 18.5 Å². The lowest BCUT2D eigenvalue weighted by Crippen LogP contribution is -2.18. The second kappa shape index (κ2) is 14.6. The lowest BCUT2D eigenvalue weighted by molar-refractivity contribution is 0.539. The number of benzene rings is 1. The Morgan fingerprint density at radius 1 is 0.609 bits per heavy atom. The molecule has 0 heterocycles.